The number of benzene rings is 1. The lowest BCUT2D eigenvalue weighted by Gasteiger charge is -2.18. The van der Waals surface area contributed by atoms with Crippen LogP contribution in [0.5, 0.6) is 0 Å². The molecule has 1 N–H and O–H groups in total. The van der Waals surface area contributed by atoms with Crippen LogP contribution in [0.25, 0.3) is 0 Å². The fourth-order valence-corrected chi connectivity index (χ4v) is 3.85. The molecule has 0 aliphatic rings. The van der Waals surface area contributed by atoms with Gasteiger partial charge in [0.05, 0.1) is 11.4 Å². The molecule has 0 fully saturated rings. The minimum Gasteiger partial charge on any atom is -0.313 e. The second kappa shape index (κ2) is 8.17. The average Bonchev–Trinajstić information content (AvgIpc) is 2.40. The highest BCUT2D eigenvalue weighted by Gasteiger charge is 2.26. The van der Waals surface area contributed by atoms with Crippen LogP contribution < -0.4 is 5.32 Å². The van der Waals surface area contributed by atoms with Crippen molar-refractivity contribution in [2.45, 2.75) is 31.2 Å². The molecule has 0 aromatic heterocycles. The van der Waals surface area contributed by atoms with Gasteiger partial charge >= 0.3 is 0 Å². The molecule has 120 valence electrons. The van der Waals surface area contributed by atoms with Gasteiger partial charge in [-0.3, -0.25) is 0 Å². The fourth-order valence-electron chi connectivity index (χ4n) is 1.73. The number of sulfonamides is 1. The van der Waals surface area contributed by atoms with Crippen LogP contribution in [-0.4, -0.2) is 39.3 Å². The van der Waals surface area contributed by atoms with Gasteiger partial charge in [-0.25, -0.2) is 17.2 Å². The fraction of sp³-hybridized carbons (Fsp3) is 0.538. The summed E-state index contributed by atoms with van der Waals surface area (Å²) in [6.07, 6.45) is -1.74. The Hall–Kier alpha value is -0.570. The SMILES string of the molecule is CCCNCc1ccc(Br)c(S(=O)(=O)N(C)CC(F)F)c1. The maximum Gasteiger partial charge on any atom is 0.252 e. The molecule has 0 radical (unpaired) electrons. The zero-order valence-electron chi connectivity index (χ0n) is 11.9. The van der Waals surface area contributed by atoms with Crippen LogP contribution in [0.3, 0.4) is 0 Å². The molecule has 1 aromatic carbocycles. The minimum absolute atomic E-state index is 0.00134. The van der Waals surface area contributed by atoms with E-state index in [2.05, 4.69) is 21.2 Å². The van der Waals surface area contributed by atoms with E-state index < -0.39 is 23.0 Å². The normalized spacial score (nSPS) is 12.3. The number of nitrogens with zero attached hydrogens (tertiary/aromatic N) is 1. The Labute approximate surface area is 132 Å². The van der Waals surface area contributed by atoms with E-state index in [4.69, 9.17) is 0 Å². The van der Waals surface area contributed by atoms with Crippen LogP contribution in [0.1, 0.15) is 18.9 Å². The van der Waals surface area contributed by atoms with Crippen molar-refractivity contribution in [2.24, 2.45) is 0 Å². The molecule has 4 nitrogen and oxygen atoms in total. The molecular formula is C13H19BrF2N2O2S. The van der Waals surface area contributed by atoms with Crippen LogP contribution in [0.4, 0.5) is 8.78 Å². The summed E-state index contributed by atoms with van der Waals surface area (Å²) >= 11 is 3.17. The van der Waals surface area contributed by atoms with Gasteiger partial charge in [-0.1, -0.05) is 13.0 Å². The summed E-state index contributed by atoms with van der Waals surface area (Å²) in [4.78, 5) is 0.00134. The van der Waals surface area contributed by atoms with Gasteiger partial charge in [0.15, 0.2) is 0 Å². The smallest absolute Gasteiger partial charge is 0.252 e. The molecule has 0 amide bonds. The van der Waals surface area contributed by atoms with E-state index in [1.54, 1.807) is 12.1 Å². The molecule has 0 saturated heterocycles. The lowest BCUT2D eigenvalue weighted by molar-refractivity contribution is 0.126. The third kappa shape index (κ3) is 5.28. The molecule has 0 aliphatic carbocycles. The van der Waals surface area contributed by atoms with Crippen molar-refractivity contribution in [3.8, 4) is 0 Å². The molecule has 0 unspecified atom stereocenters. The van der Waals surface area contributed by atoms with E-state index in [9.17, 15) is 17.2 Å². The van der Waals surface area contributed by atoms with Crippen LogP contribution >= 0.6 is 15.9 Å². The van der Waals surface area contributed by atoms with E-state index >= 15 is 0 Å². The van der Waals surface area contributed by atoms with Gasteiger partial charge in [-0.2, -0.15) is 4.31 Å². The van der Waals surface area contributed by atoms with Crippen molar-refractivity contribution < 1.29 is 17.2 Å². The Morgan fingerprint density at radius 2 is 2.05 bits per heavy atom. The predicted molar refractivity (Wildman–Crippen MR) is 82.0 cm³/mol. The second-order valence-electron chi connectivity index (χ2n) is 4.62. The second-order valence-corrected chi connectivity index (χ2v) is 7.49. The highest BCUT2D eigenvalue weighted by Crippen LogP contribution is 2.26. The van der Waals surface area contributed by atoms with E-state index in [-0.39, 0.29) is 4.90 Å². The molecule has 0 saturated carbocycles. The number of hydrogen-bond acceptors (Lipinski definition) is 3. The number of nitrogens with one attached hydrogen (secondary N) is 1. The zero-order chi connectivity index (χ0) is 16.0. The molecule has 8 heteroatoms. The van der Waals surface area contributed by atoms with Crippen molar-refractivity contribution in [3.05, 3.63) is 28.2 Å². The number of alkyl halides is 2. The first-order valence-corrected chi connectivity index (χ1v) is 8.76. The van der Waals surface area contributed by atoms with Gasteiger partial charge in [-0.05, 0) is 46.6 Å². The first-order chi connectivity index (χ1) is 9.78. The Bertz CT molecular complexity index is 567. The van der Waals surface area contributed by atoms with Crippen molar-refractivity contribution in [1.82, 2.24) is 9.62 Å². The van der Waals surface area contributed by atoms with E-state index in [0.29, 0.717) is 15.3 Å². The molecule has 0 aliphatic heterocycles. The zero-order valence-corrected chi connectivity index (χ0v) is 14.3. The topological polar surface area (TPSA) is 49.4 Å². The number of halogens is 3. The van der Waals surface area contributed by atoms with Gasteiger partial charge in [0.25, 0.3) is 6.43 Å². The van der Waals surface area contributed by atoms with E-state index in [1.807, 2.05) is 6.92 Å². The standard InChI is InChI=1S/C13H19BrF2N2O2S/c1-3-6-17-8-10-4-5-11(14)12(7-10)21(19,20)18(2)9-13(15)16/h4-5,7,13,17H,3,6,8-9H2,1-2H3. The van der Waals surface area contributed by atoms with Gasteiger partial charge in [0.1, 0.15) is 0 Å². The minimum atomic E-state index is -3.94. The monoisotopic (exact) mass is 384 g/mol. The molecule has 0 spiro atoms. The largest absolute Gasteiger partial charge is 0.313 e. The molecule has 21 heavy (non-hydrogen) atoms. The summed E-state index contributed by atoms with van der Waals surface area (Å²) in [5.41, 5.74) is 0.788. The molecule has 0 bridgehead atoms. The summed E-state index contributed by atoms with van der Waals surface area (Å²) in [5, 5.41) is 3.17. The lowest BCUT2D eigenvalue weighted by Crippen LogP contribution is -2.31. The summed E-state index contributed by atoms with van der Waals surface area (Å²) in [6, 6.07) is 4.91. The van der Waals surface area contributed by atoms with Crippen LogP contribution in [0, 0.1) is 0 Å². The first-order valence-electron chi connectivity index (χ1n) is 6.52. The van der Waals surface area contributed by atoms with Gasteiger partial charge < -0.3 is 5.32 Å². The van der Waals surface area contributed by atoms with Crippen LogP contribution in [0.2, 0.25) is 0 Å². The maximum absolute atomic E-state index is 12.4. The number of rotatable bonds is 8. The Kier molecular flexibility index (Phi) is 7.19. The highest BCUT2D eigenvalue weighted by atomic mass is 79.9. The molecule has 0 atom stereocenters. The lowest BCUT2D eigenvalue weighted by atomic mass is 10.2. The number of hydrogen-bond donors (Lipinski definition) is 1. The molecular weight excluding hydrogens is 366 g/mol. The van der Waals surface area contributed by atoms with Crippen molar-refractivity contribution in [3.63, 3.8) is 0 Å². The summed E-state index contributed by atoms with van der Waals surface area (Å²) in [7, 11) is -2.79. The van der Waals surface area contributed by atoms with Crippen molar-refractivity contribution >= 4 is 26.0 Å². The average molecular weight is 385 g/mol. The van der Waals surface area contributed by atoms with Gasteiger partial charge in [0, 0.05) is 18.1 Å². The Morgan fingerprint density at radius 1 is 1.38 bits per heavy atom. The predicted octanol–water partition coefficient (Wildman–Crippen LogP) is 2.83. The van der Waals surface area contributed by atoms with Gasteiger partial charge in [0.2, 0.25) is 10.0 Å². The van der Waals surface area contributed by atoms with Crippen LogP contribution in [0.15, 0.2) is 27.6 Å². The third-order valence-corrected chi connectivity index (χ3v) is 5.65. The quantitative estimate of drug-likeness (QED) is 0.701. The van der Waals surface area contributed by atoms with E-state index in [1.165, 1.54) is 6.07 Å². The van der Waals surface area contributed by atoms with E-state index in [0.717, 1.165) is 25.6 Å². The van der Waals surface area contributed by atoms with Crippen molar-refractivity contribution in [1.29, 1.82) is 0 Å². The summed E-state index contributed by atoms with van der Waals surface area (Å²) in [6.45, 7) is 2.56. The van der Waals surface area contributed by atoms with Crippen molar-refractivity contribution in [2.75, 3.05) is 20.1 Å². The first kappa shape index (κ1) is 18.5. The highest BCUT2D eigenvalue weighted by molar-refractivity contribution is 9.10. The molecule has 1 aromatic rings. The maximum atomic E-state index is 12.4. The molecule has 0 heterocycles. The molecule has 1 rings (SSSR count). The Morgan fingerprint density at radius 3 is 2.62 bits per heavy atom. The summed E-state index contributed by atoms with van der Waals surface area (Å²) < 4.78 is 50.4. The van der Waals surface area contributed by atoms with Crippen LogP contribution in [-0.2, 0) is 16.6 Å². The Balaban J connectivity index is 3.02. The summed E-state index contributed by atoms with van der Waals surface area (Å²) in [5.74, 6) is 0. The third-order valence-electron chi connectivity index (χ3n) is 2.83. The van der Waals surface area contributed by atoms with Gasteiger partial charge in [-0.15, -0.1) is 0 Å².